The summed E-state index contributed by atoms with van der Waals surface area (Å²) in [6.07, 6.45) is 5.71. The first-order valence-electron chi connectivity index (χ1n) is 10.6. The highest BCUT2D eigenvalue weighted by atomic mass is 16.2. The molecule has 0 radical (unpaired) electrons. The Morgan fingerprint density at radius 1 is 1.03 bits per heavy atom. The number of primary amides is 1. The van der Waals surface area contributed by atoms with Crippen molar-refractivity contribution in [2.75, 3.05) is 18.0 Å². The molecule has 2 aromatic carbocycles. The van der Waals surface area contributed by atoms with E-state index in [0.29, 0.717) is 13.1 Å². The fourth-order valence-electron chi connectivity index (χ4n) is 3.89. The third kappa shape index (κ3) is 5.31. The van der Waals surface area contributed by atoms with E-state index in [4.69, 9.17) is 5.73 Å². The summed E-state index contributed by atoms with van der Waals surface area (Å²) in [5, 5.41) is 7.30. The molecule has 1 aliphatic heterocycles. The van der Waals surface area contributed by atoms with Crippen molar-refractivity contribution in [3.05, 3.63) is 78.1 Å². The molecule has 1 aromatic heterocycles. The maximum atomic E-state index is 12.3. The van der Waals surface area contributed by atoms with E-state index in [1.54, 1.807) is 10.9 Å². The zero-order valence-electron chi connectivity index (χ0n) is 17.4. The number of aromatic nitrogens is 2. The molecule has 7 heteroatoms. The molecule has 7 nitrogen and oxygen atoms in total. The van der Waals surface area contributed by atoms with Crippen molar-refractivity contribution in [1.82, 2.24) is 15.1 Å². The predicted octanol–water partition coefficient (Wildman–Crippen LogP) is 2.43. The second-order valence-electron chi connectivity index (χ2n) is 7.94. The third-order valence-electron chi connectivity index (χ3n) is 5.64. The van der Waals surface area contributed by atoms with Crippen molar-refractivity contribution >= 4 is 17.5 Å². The van der Waals surface area contributed by atoms with Crippen LogP contribution in [0, 0.1) is 5.92 Å². The summed E-state index contributed by atoms with van der Waals surface area (Å²) in [5.74, 6) is -0.352. The van der Waals surface area contributed by atoms with Crippen LogP contribution in [0.5, 0.6) is 0 Å². The molecule has 160 valence electrons. The first kappa shape index (κ1) is 20.7. The zero-order chi connectivity index (χ0) is 21.6. The summed E-state index contributed by atoms with van der Waals surface area (Å²) >= 11 is 0. The number of piperidine rings is 1. The van der Waals surface area contributed by atoms with Crippen LogP contribution in [-0.4, -0.2) is 34.7 Å². The molecule has 1 aliphatic rings. The van der Waals surface area contributed by atoms with Crippen LogP contribution in [0.2, 0.25) is 0 Å². The lowest BCUT2D eigenvalue weighted by Crippen LogP contribution is -2.41. The van der Waals surface area contributed by atoms with Gasteiger partial charge in [0.25, 0.3) is 0 Å². The van der Waals surface area contributed by atoms with Gasteiger partial charge in [0.2, 0.25) is 11.8 Å². The van der Waals surface area contributed by atoms with Crippen molar-refractivity contribution in [2.45, 2.75) is 25.8 Å². The number of rotatable bonds is 7. The number of anilines is 1. The molecular formula is C24H27N5O2. The fourth-order valence-corrected chi connectivity index (χ4v) is 3.89. The molecule has 3 N–H and O–H groups in total. The van der Waals surface area contributed by atoms with E-state index < -0.39 is 0 Å². The van der Waals surface area contributed by atoms with Gasteiger partial charge in [-0.05, 0) is 48.2 Å². The lowest BCUT2D eigenvalue weighted by Gasteiger charge is -2.33. The monoisotopic (exact) mass is 417 g/mol. The number of carbonyl (C=O) groups is 2. The zero-order valence-corrected chi connectivity index (χ0v) is 17.4. The summed E-state index contributed by atoms with van der Waals surface area (Å²) in [6, 6.07) is 17.9. The molecule has 0 aliphatic carbocycles. The highest BCUT2D eigenvalue weighted by molar-refractivity contribution is 5.78. The number of benzene rings is 2. The van der Waals surface area contributed by atoms with Crippen molar-refractivity contribution in [2.24, 2.45) is 11.7 Å². The van der Waals surface area contributed by atoms with Crippen LogP contribution in [0.25, 0.3) is 5.69 Å². The van der Waals surface area contributed by atoms with E-state index in [-0.39, 0.29) is 24.2 Å². The number of hydrogen-bond acceptors (Lipinski definition) is 4. The van der Waals surface area contributed by atoms with Crippen molar-refractivity contribution in [3.8, 4) is 5.69 Å². The van der Waals surface area contributed by atoms with E-state index in [1.165, 1.54) is 0 Å². The molecule has 4 rings (SSSR count). The van der Waals surface area contributed by atoms with Crippen LogP contribution in [0.3, 0.4) is 0 Å². The van der Waals surface area contributed by atoms with E-state index in [9.17, 15) is 9.59 Å². The Hall–Kier alpha value is -3.61. The van der Waals surface area contributed by atoms with Crippen LogP contribution in [0.1, 0.15) is 24.0 Å². The Kier molecular flexibility index (Phi) is 6.31. The average Bonchev–Trinajstić information content (AvgIpc) is 3.27. The molecule has 1 saturated heterocycles. The quantitative estimate of drug-likeness (QED) is 0.617. The number of carbonyl (C=O) groups excluding carboxylic acids is 2. The highest BCUT2D eigenvalue weighted by Gasteiger charge is 2.24. The number of amides is 2. The van der Waals surface area contributed by atoms with Crippen LogP contribution in [0.4, 0.5) is 5.69 Å². The highest BCUT2D eigenvalue weighted by Crippen LogP contribution is 2.23. The summed E-state index contributed by atoms with van der Waals surface area (Å²) < 4.78 is 1.77. The molecular weight excluding hydrogens is 390 g/mol. The minimum absolute atomic E-state index is 0.0444. The summed E-state index contributed by atoms with van der Waals surface area (Å²) in [4.78, 5) is 26.0. The Labute approximate surface area is 181 Å². The lowest BCUT2D eigenvalue weighted by molar-refractivity contribution is -0.122. The van der Waals surface area contributed by atoms with Crippen molar-refractivity contribution in [1.29, 1.82) is 0 Å². The van der Waals surface area contributed by atoms with E-state index in [1.807, 2.05) is 60.8 Å². The number of nitrogens with one attached hydrogen (secondary N) is 1. The Bertz CT molecular complexity index is 1030. The van der Waals surface area contributed by atoms with Crippen molar-refractivity contribution in [3.63, 3.8) is 0 Å². The predicted molar refractivity (Wildman–Crippen MR) is 120 cm³/mol. The molecule has 0 bridgehead atoms. The molecule has 2 amide bonds. The van der Waals surface area contributed by atoms with Gasteiger partial charge in [-0.25, -0.2) is 4.68 Å². The first-order valence-corrected chi connectivity index (χ1v) is 10.6. The van der Waals surface area contributed by atoms with Crippen molar-refractivity contribution < 1.29 is 9.59 Å². The van der Waals surface area contributed by atoms with E-state index in [2.05, 4.69) is 15.3 Å². The molecule has 0 unspecified atom stereocenters. The second-order valence-corrected chi connectivity index (χ2v) is 7.94. The van der Waals surface area contributed by atoms with Crippen LogP contribution >= 0.6 is 0 Å². The second kappa shape index (κ2) is 9.47. The van der Waals surface area contributed by atoms with Gasteiger partial charge in [-0.15, -0.1) is 0 Å². The van der Waals surface area contributed by atoms with Gasteiger partial charge >= 0.3 is 0 Å². The Morgan fingerprint density at radius 2 is 1.81 bits per heavy atom. The normalized spacial score (nSPS) is 16.1. The first-order chi connectivity index (χ1) is 15.1. The topological polar surface area (TPSA) is 93.2 Å². The summed E-state index contributed by atoms with van der Waals surface area (Å²) in [6.45, 7) is 2.06. The standard InChI is InChI=1S/C24H27N5O2/c25-24(31)20-5-4-12-28(17-20)21-10-8-18(9-11-21)14-26-23(30)13-19-15-27-29(16-19)22-6-2-1-3-7-22/h1-3,6-11,15-16,20H,4-5,12-14,17H2,(H2,25,31)(H,26,30)/t20-/m1/s1. The smallest absolute Gasteiger partial charge is 0.224 e. The van der Waals surface area contributed by atoms with Gasteiger partial charge < -0.3 is 16.0 Å². The minimum atomic E-state index is -0.224. The minimum Gasteiger partial charge on any atom is -0.371 e. The Morgan fingerprint density at radius 3 is 2.55 bits per heavy atom. The lowest BCUT2D eigenvalue weighted by atomic mass is 9.97. The molecule has 0 saturated carbocycles. The Balaban J connectivity index is 1.28. The van der Waals surface area contributed by atoms with E-state index >= 15 is 0 Å². The van der Waals surface area contributed by atoms with Gasteiger partial charge in [0.1, 0.15) is 0 Å². The average molecular weight is 418 g/mol. The van der Waals surface area contributed by atoms with E-state index in [0.717, 1.165) is 41.9 Å². The summed E-state index contributed by atoms with van der Waals surface area (Å²) in [5.41, 5.74) is 9.41. The van der Waals surface area contributed by atoms with Gasteiger partial charge in [-0.1, -0.05) is 30.3 Å². The SMILES string of the molecule is NC(=O)[C@@H]1CCCN(c2ccc(CNC(=O)Cc3cnn(-c4ccccc4)c3)cc2)C1. The molecule has 2 heterocycles. The van der Waals surface area contributed by atoms with Gasteiger partial charge in [0.15, 0.2) is 0 Å². The van der Waals surface area contributed by atoms with Gasteiger partial charge in [-0.2, -0.15) is 5.10 Å². The largest absolute Gasteiger partial charge is 0.371 e. The van der Waals surface area contributed by atoms with Crippen LogP contribution in [0.15, 0.2) is 67.0 Å². The molecule has 1 atom stereocenters. The summed E-state index contributed by atoms with van der Waals surface area (Å²) in [7, 11) is 0. The third-order valence-corrected chi connectivity index (χ3v) is 5.64. The van der Waals surface area contributed by atoms with Gasteiger partial charge in [-0.3, -0.25) is 9.59 Å². The van der Waals surface area contributed by atoms with Crippen LogP contribution < -0.4 is 16.0 Å². The fraction of sp³-hybridized carbons (Fsp3) is 0.292. The molecule has 0 spiro atoms. The maximum Gasteiger partial charge on any atom is 0.224 e. The molecule has 3 aromatic rings. The van der Waals surface area contributed by atoms with Gasteiger partial charge in [0, 0.05) is 31.5 Å². The maximum absolute atomic E-state index is 12.3. The van der Waals surface area contributed by atoms with Gasteiger partial charge in [0.05, 0.1) is 24.2 Å². The number of hydrogen-bond donors (Lipinski definition) is 2. The number of nitrogens with two attached hydrogens (primary N) is 1. The molecule has 31 heavy (non-hydrogen) atoms. The molecule has 1 fully saturated rings. The van der Waals surface area contributed by atoms with Crippen LogP contribution in [-0.2, 0) is 22.6 Å². The number of para-hydroxylation sites is 1. The number of nitrogens with zero attached hydrogens (tertiary/aromatic N) is 3.